The molecule has 1 fully saturated rings. The zero-order valence-corrected chi connectivity index (χ0v) is 12.7. The van der Waals surface area contributed by atoms with Crippen LogP contribution in [0.25, 0.3) is 0 Å². The summed E-state index contributed by atoms with van der Waals surface area (Å²) >= 11 is 0. The molecule has 0 spiro atoms. The van der Waals surface area contributed by atoms with Crippen molar-refractivity contribution < 1.29 is 0 Å². The van der Waals surface area contributed by atoms with E-state index in [2.05, 4.69) is 55.3 Å². The van der Waals surface area contributed by atoms with Crippen molar-refractivity contribution in [2.24, 2.45) is 5.41 Å². The molecule has 2 rings (SSSR count). The van der Waals surface area contributed by atoms with Crippen LogP contribution in [0.4, 0.5) is 0 Å². The van der Waals surface area contributed by atoms with Gasteiger partial charge in [0.15, 0.2) is 0 Å². The van der Waals surface area contributed by atoms with Crippen molar-refractivity contribution in [3.8, 4) is 0 Å². The SMILES string of the molecule is CCCNCc1ccc(CN2CCC(C)(C)C2)cc1. The lowest BCUT2D eigenvalue weighted by Crippen LogP contribution is -2.22. The first-order valence-electron chi connectivity index (χ1n) is 7.60. The second-order valence-electron chi connectivity index (χ2n) is 6.62. The molecule has 1 aliphatic rings. The highest BCUT2D eigenvalue weighted by atomic mass is 15.1. The fraction of sp³-hybridized carbons (Fsp3) is 0.647. The molecule has 1 saturated heterocycles. The van der Waals surface area contributed by atoms with E-state index in [-0.39, 0.29) is 0 Å². The molecule has 106 valence electrons. The lowest BCUT2D eigenvalue weighted by Gasteiger charge is -2.19. The number of likely N-dealkylation sites (tertiary alicyclic amines) is 1. The highest BCUT2D eigenvalue weighted by molar-refractivity contribution is 5.22. The van der Waals surface area contributed by atoms with Gasteiger partial charge in [0.1, 0.15) is 0 Å². The van der Waals surface area contributed by atoms with Gasteiger partial charge in [-0.2, -0.15) is 0 Å². The summed E-state index contributed by atoms with van der Waals surface area (Å²) in [6.45, 7) is 12.6. The van der Waals surface area contributed by atoms with Crippen LogP contribution in [0.2, 0.25) is 0 Å². The first-order chi connectivity index (χ1) is 9.09. The number of hydrogen-bond donors (Lipinski definition) is 1. The van der Waals surface area contributed by atoms with Crippen LogP contribution >= 0.6 is 0 Å². The maximum atomic E-state index is 3.44. The summed E-state index contributed by atoms with van der Waals surface area (Å²) in [4.78, 5) is 2.57. The number of rotatable bonds is 6. The van der Waals surface area contributed by atoms with Crippen LogP contribution in [0, 0.1) is 5.41 Å². The summed E-state index contributed by atoms with van der Waals surface area (Å²) in [7, 11) is 0. The van der Waals surface area contributed by atoms with Crippen LogP contribution in [0.15, 0.2) is 24.3 Å². The van der Waals surface area contributed by atoms with Gasteiger partial charge >= 0.3 is 0 Å². The summed E-state index contributed by atoms with van der Waals surface area (Å²) in [5.41, 5.74) is 3.33. The molecule has 0 unspecified atom stereocenters. The van der Waals surface area contributed by atoms with Crippen LogP contribution in [0.5, 0.6) is 0 Å². The molecule has 0 saturated carbocycles. The van der Waals surface area contributed by atoms with Gasteiger partial charge in [-0.15, -0.1) is 0 Å². The number of nitrogens with zero attached hydrogens (tertiary/aromatic N) is 1. The standard InChI is InChI=1S/C17H28N2/c1-4-10-18-12-15-5-7-16(8-6-15)13-19-11-9-17(2,3)14-19/h5-8,18H,4,9-14H2,1-3H3. The van der Waals surface area contributed by atoms with Gasteiger partial charge in [-0.25, -0.2) is 0 Å². The van der Waals surface area contributed by atoms with E-state index >= 15 is 0 Å². The van der Waals surface area contributed by atoms with Gasteiger partial charge in [0.05, 0.1) is 0 Å². The van der Waals surface area contributed by atoms with E-state index in [1.165, 1.54) is 37.1 Å². The third kappa shape index (κ3) is 4.63. The quantitative estimate of drug-likeness (QED) is 0.788. The zero-order chi connectivity index (χ0) is 13.7. The van der Waals surface area contributed by atoms with E-state index in [1.54, 1.807) is 0 Å². The third-order valence-corrected chi connectivity index (χ3v) is 3.94. The minimum atomic E-state index is 0.504. The van der Waals surface area contributed by atoms with E-state index in [0.717, 1.165) is 19.6 Å². The summed E-state index contributed by atoms with van der Waals surface area (Å²) in [5.74, 6) is 0. The van der Waals surface area contributed by atoms with E-state index in [1.807, 2.05) is 0 Å². The van der Waals surface area contributed by atoms with Gasteiger partial charge in [0.25, 0.3) is 0 Å². The fourth-order valence-electron chi connectivity index (χ4n) is 2.79. The first-order valence-corrected chi connectivity index (χ1v) is 7.60. The molecule has 0 bridgehead atoms. The number of nitrogens with one attached hydrogen (secondary N) is 1. The van der Waals surface area contributed by atoms with Crippen molar-refractivity contribution in [2.45, 2.75) is 46.7 Å². The fourth-order valence-corrected chi connectivity index (χ4v) is 2.79. The van der Waals surface area contributed by atoms with Crippen molar-refractivity contribution >= 4 is 0 Å². The Morgan fingerprint density at radius 2 is 1.84 bits per heavy atom. The normalized spacial score (nSPS) is 18.9. The Kier molecular flexibility index (Phi) is 5.00. The molecule has 0 radical (unpaired) electrons. The molecule has 2 nitrogen and oxygen atoms in total. The Labute approximate surface area is 118 Å². The third-order valence-electron chi connectivity index (χ3n) is 3.94. The number of hydrogen-bond acceptors (Lipinski definition) is 2. The lowest BCUT2D eigenvalue weighted by atomic mass is 9.93. The smallest absolute Gasteiger partial charge is 0.0233 e. The predicted octanol–water partition coefficient (Wildman–Crippen LogP) is 3.42. The van der Waals surface area contributed by atoms with Gasteiger partial charge in [-0.05, 0) is 42.5 Å². The average molecular weight is 260 g/mol. The molecule has 1 aromatic rings. The molecule has 0 aromatic heterocycles. The van der Waals surface area contributed by atoms with E-state index < -0.39 is 0 Å². The molecule has 1 aliphatic heterocycles. The van der Waals surface area contributed by atoms with Crippen molar-refractivity contribution in [1.29, 1.82) is 0 Å². The minimum Gasteiger partial charge on any atom is -0.313 e. The Morgan fingerprint density at radius 3 is 2.42 bits per heavy atom. The van der Waals surface area contributed by atoms with Gasteiger partial charge in [0.2, 0.25) is 0 Å². The molecule has 0 amide bonds. The Bertz CT molecular complexity index is 381. The van der Waals surface area contributed by atoms with Crippen molar-refractivity contribution in [1.82, 2.24) is 10.2 Å². The van der Waals surface area contributed by atoms with Crippen LogP contribution in [0.3, 0.4) is 0 Å². The van der Waals surface area contributed by atoms with Crippen LogP contribution in [-0.4, -0.2) is 24.5 Å². The highest BCUT2D eigenvalue weighted by Gasteiger charge is 2.28. The maximum absolute atomic E-state index is 3.44. The van der Waals surface area contributed by atoms with Crippen LogP contribution in [0.1, 0.15) is 44.7 Å². The summed E-state index contributed by atoms with van der Waals surface area (Å²) in [5, 5.41) is 3.44. The molecule has 2 heteroatoms. The molecule has 19 heavy (non-hydrogen) atoms. The minimum absolute atomic E-state index is 0.504. The van der Waals surface area contributed by atoms with Crippen molar-refractivity contribution in [3.63, 3.8) is 0 Å². The molecular formula is C17H28N2. The molecule has 1 heterocycles. The van der Waals surface area contributed by atoms with Crippen LogP contribution < -0.4 is 5.32 Å². The summed E-state index contributed by atoms with van der Waals surface area (Å²) in [6.07, 6.45) is 2.52. The van der Waals surface area contributed by atoms with E-state index in [4.69, 9.17) is 0 Å². The van der Waals surface area contributed by atoms with Crippen molar-refractivity contribution in [3.05, 3.63) is 35.4 Å². The lowest BCUT2D eigenvalue weighted by molar-refractivity contribution is 0.284. The second kappa shape index (κ2) is 6.53. The molecule has 0 aliphatic carbocycles. The van der Waals surface area contributed by atoms with Crippen LogP contribution in [-0.2, 0) is 13.1 Å². The average Bonchev–Trinajstić information content (AvgIpc) is 2.71. The number of benzene rings is 1. The maximum Gasteiger partial charge on any atom is 0.0233 e. The topological polar surface area (TPSA) is 15.3 Å². The largest absolute Gasteiger partial charge is 0.313 e. The first kappa shape index (κ1) is 14.5. The summed E-state index contributed by atoms with van der Waals surface area (Å²) in [6, 6.07) is 9.10. The Balaban J connectivity index is 1.82. The Morgan fingerprint density at radius 1 is 1.16 bits per heavy atom. The van der Waals surface area contributed by atoms with E-state index in [9.17, 15) is 0 Å². The van der Waals surface area contributed by atoms with Gasteiger partial charge in [-0.3, -0.25) is 4.90 Å². The monoisotopic (exact) mass is 260 g/mol. The molecule has 1 N–H and O–H groups in total. The zero-order valence-electron chi connectivity index (χ0n) is 12.7. The van der Waals surface area contributed by atoms with Crippen molar-refractivity contribution in [2.75, 3.05) is 19.6 Å². The molecule has 0 atom stereocenters. The molecule has 1 aromatic carbocycles. The predicted molar refractivity (Wildman–Crippen MR) is 82.1 cm³/mol. The van der Waals surface area contributed by atoms with Gasteiger partial charge < -0.3 is 5.32 Å². The van der Waals surface area contributed by atoms with Gasteiger partial charge in [0, 0.05) is 19.6 Å². The second-order valence-corrected chi connectivity index (χ2v) is 6.62. The molecular weight excluding hydrogens is 232 g/mol. The summed E-state index contributed by atoms with van der Waals surface area (Å²) < 4.78 is 0. The van der Waals surface area contributed by atoms with Gasteiger partial charge in [-0.1, -0.05) is 45.0 Å². The van der Waals surface area contributed by atoms with E-state index in [0.29, 0.717) is 5.41 Å². The highest BCUT2D eigenvalue weighted by Crippen LogP contribution is 2.29. The Hall–Kier alpha value is -0.860.